The third kappa shape index (κ3) is 4.46. The predicted molar refractivity (Wildman–Crippen MR) is 136 cm³/mol. The number of aryl methyl sites for hydroxylation is 2. The number of hydrogen-bond acceptors (Lipinski definition) is 6. The van der Waals surface area contributed by atoms with Gasteiger partial charge >= 0.3 is 5.97 Å². The summed E-state index contributed by atoms with van der Waals surface area (Å²) in [5.74, 6) is -1.44. The fourth-order valence-corrected chi connectivity index (χ4v) is 4.61. The number of benzene rings is 3. The smallest absolute Gasteiger partial charge is 0.338 e. The van der Waals surface area contributed by atoms with Crippen LogP contribution in [0.5, 0.6) is 5.75 Å². The van der Waals surface area contributed by atoms with Crippen LogP contribution in [0.2, 0.25) is 0 Å². The normalized spacial score (nSPS) is 16.9. The second kappa shape index (κ2) is 9.54. The number of para-hydroxylation sites is 1. The monoisotopic (exact) mass is 498 g/mol. The Labute approximate surface area is 214 Å². The van der Waals surface area contributed by atoms with E-state index in [-0.39, 0.29) is 22.7 Å². The van der Waals surface area contributed by atoms with Crippen molar-refractivity contribution in [1.82, 2.24) is 5.32 Å². The molecule has 5 rings (SSSR count). The Morgan fingerprint density at radius 3 is 2.57 bits per heavy atom. The van der Waals surface area contributed by atoms with Gasteiger partial charge in [-0.25, -0.2) is 9.69 Å². The number of anilines is 1. The third-order valence-electron chi connectivity index (χ3n) is 6.66. The Hall–Kier alpha value is -4.46. The zero-order valence-electron chi connectivity index (χ0n) is 20.7. The number of carbonyl (C=O) groups is 4. The molecule has 0 spiro atoms. The Morgan fingerprint density at radius 2 is 1.76 bits per heavy atom. The second-order valence-electron chi connectivity index (χ2n) is 9.28. The first-order valence-corrected chi connectivity index (χ1v) is 12.1. The largest absolute Gasteiger partial charge is 0.493 e. The van der Waals surface area contributed by atoms with Gasteiger partial charge in [-0.15, -0.1) is 0 Å². The average Bonchev–Trinajstić information content (AvgIpc) is 3.14. The van der Waals surface area contributed by atoms with E-state index in [1.54, 1.807) is 6.07 Å². The average molecular weight is 499 g/mol. The third-order valence-corrected chi connectivity index (χ3v) is 6.66. The predicted octanol–water partition coefficient (Wildman–Crippen LogP) is 4.29. The van der Waals surface area contributed by atoms with Gasteiger partial charge in [-0.2, -0.15) is 0 Å². The number of imide groups is 1. The lowest BCUT2D eigenvalue weighted by atomic mass is 10.0. The highest BCUT2D eigenvalue weighted by Gasteiger charge is 2.38. The highest BCUT2D eigenvalue weighted by Crippen LogP contribution is 2.33. The van der Waals surface area contributed by atoms with Crippen LogP contribution in [-0.2, 0) is 9.53 Å². The van der Waals surface area contributed by atoms with Crippen LogP contribution >= 0.6 is 0 Å². The highest BCUT2D eigenvalue weighted by molar-refractivity contribution is 6.35. The molecule has 0 saturated heterocycles. The lowest BCUT2D eigenvalue weighted by molar-refractivity contribution is -0.130. The number of nitrogens with one attached hydrogen (secondary N) is 1. The zero-order chi connectivity index (χ0) is 26.3. The summed E-state index contributed by atoms with van der Waals surface area (Å²) < 4.78 is 11.0. The van der Waals surface area contributed by atoms with E-state index < -0.39 is 29.8 Å². The Morgan fingerprint density at radius 1 is 1.00 bits per heavy atom. The maximum Gasteiger partial charge on any atom is 0.338 e. The van der Waals surface area contributed by atoms with Crippen LogP contribution in [0.25, 0.3) is 0 Å². The quantitative estimate of drug-likeness (QED) is 0.416. The number of hydrogen-bond donors (Lipinski definition) is 1. The van der Waals surface area contributed by atoms with Crippen LogP contribution in [0.1, 0.15) is 67.2 Å². The number of rotatable bonds is 5. The van der Waals surface area contributed by atoms with Gasteiger partial charge in [-0.1, -0.05) is 30.3 Å². The molecule has 37 heavy (non-hydrogen) atoms. The SMILES string of the molecule is Cc1ccc(C)c(N2C(=O)c3ccc(C(=O)OC(C)C(=O)NC4CCOc5ccccc54)cc3C2=O)c1. The molecule has 0 aromatic heterocycles. The Balaban J connectivity index is 1.29. The molecule has 8 heteroatoms. The molecule has 2 aliphatic rings. The van der Waals surface area contributed by atoms with Crippen LogP contribution in [0.15, 0.2) is 60.7 Å². The minimum absolute atomic E-state index is 0.0822. The van der Waals surface area contributed by atoms with E-state index in [0.29, 0.717) is 18.7 Å². The molecule has 1 N–H and O–H groups in total. The number of esters is 1. The highest BCUT2D eigenvalue weighted by atomic mass is 16.5. The Kier molecular flexibility index (Phi) is 6.25. The van der Waals surface area contributed by atoms with E-state index in [2.05, 4.69) is 5.32 Å². The summed E-state index contributed by atoms with van der Waals surface area (Å²) >= 11 is 0. The maximum atomic E-state index is 13.2. The summed E-state index contributed by atoms with van der Waals surface area (Å²) in [7, 11) is 0. The van der Waals surface area contributed by atoms with E-state index in [1.807, 2.05) is 50.2 Å². The van der Waals surface area contributed by atoms with Gasteiger partial charge in [-0.05, 0) is 62.2 Å². The van der Waals surface area contributed by atoms with E-state index in [9.17, 15) is 19.2 Å². The molecule has 3 aromatic carbocycles. The van der Waals surface area contributed by atoms with Gasteiger partial charge in [0.15, 0.2) is 6.10 Å². The molecule has 3 aromatic rings. The first kappa shape index (κ1) is 24.2. The summed E-state index contributed by atoms with van der Waals surface area (Å²) in [6.07, 6.45) is -0.471. The molecule has 188 valence electrons. The van der Waals surface area contributed by atoms with Crippen molar-refractivity contribution in [3.05, 3.63) is 94.0 Å². The molecule has 0 aliphatic carbocycles. The molecule has 0 bridgehead atoms. The van der Waals surface area contributed by atoms with Crippen molar-refractivity contribution in [2.75, 3.05) is 11.5 Å². The lowest BCUT2D eigenvalue weighted by Gasteiger charge is -2.27. The standard InChI is InChI=1S/C29H26N2O6/c1-16-8-9-17(2)24(14-16)31-27(33)20-11-10-19(15-22(20)28(31)34)29(35)37-18(3)26(32)30-23-12-13-36-25-7-5-4-6-21(23)25/h4-11,14-15,18,23H,12-13H2,1-3H3,(H,30,32). The van der Waals surface area contributed by atoms with Gasteiger partial charge in [0.05, 0.1) is 35.0 Å². The molecule has 0 saturated carbocycles. The van der Waals surface area contributed by atoms with E-state index in [0.717, 1.165) is 27.3 Å². The Bertz CT molecular complexity index is 1450. The van der Waals surface area contributed by atoms with E-state index in [4.69, 9.17) is 9.47 Å². The summed E-state index contributed by atoms with van der Waals surface area (Å²) in [5, 5.41) is 2.92. The topological polar surface area (TPSA) is 102 Å². The van der Waals surface area contributed by atoms with Crippen LogP contribution in [0.4, 0.5) is 5.69 Å². The molecule has 0 radical (unpaired) electrons. The first-order chi connectivity index (χ1) is 17.7. The molecule has 2 heterocycles. The molecule has 2 aliphatic heterocycles. The van der Waals surface area contributed by atoms with E-state index in [1.165, 1.54) is 25.1 Å². The van der Waals surface area contributed by atoms with Crippen molar-refractivity contribution in [2.24, 2.45) is 0 Å². The van der Waals surface area contributed by atoms with Gasteiger partial charge in [0.25, 0.3) is 17.7 Å². The molecular formula is C29H26N2O6. The summed E-state index contributed by atoms with van der Waals surface area (Å²) in [5.41, 5.74) is 3.50. The minimum Gasteiger partial charge on any atom is -0.493 e. The van der Waals surface area contributed by atoms with Gasteiger partial charge in [0, 0.05) is 12.0 Å². The van der Waals surface area contributed by atoms with Gasteiger partial charge in [0.2, 0.25) is 0 Å². The van der Waals surface area contributed by atoms with Gasteiger partial charge < -0.3 is 14.8 Å². The zero-order valence-corrected chi connectivity index (χ0v) is 20.7. The number of nitrogens with zero attached hydrogens (tertiary/aromatic N) is 1. The first-order valence-electron chi connectivity index (χ1n) is 12.1. The van der Waals surface area contributed by atoms with Crippen LogP contribution in [-0.4, -0.2) is 36.4 Å². The number of fused-ring (bicyclic) bond motifs is 2. The molecular weight excluding hydrogens is 472 g/mol. The molecule has 0 fully saturated rings. The van der Waals surface area contributed by atoms with Crippen molar-refractivity contribution < 1.29 is 28.7 Å². The lowest BCUT2D eigenvalue weighted by Crippen LogP contribution is -2.39. The summed E-state index contributed by atoms with van der Waals surface area (Å²) in [4.78, 5) is 53.0. The van der Waals surface area contributed by atoms with Crippen LogP contribution in [0.3, 0.4) is 0 Å². The minimum atomic E-state index is -1.07. The summed E-state index contributed by atoms with van der Waals surface area (Å²) in [6, 6.07) is 17.0. The van der Waals surface area contributed by atoms with Crippen molar-refractivity contribution in [2.45, 2.75) is 39.3 Å². The maximum absolute atomic E-state index is 13.2. The fourth-order valence-electron chi connectivity index (χ4n) is 4.61. The van der Waals surface area contributed by atoms with Crippen molar-refractivity contribution in [3.63, 3.8) is 0 Å². The molecule has 3 amide bonds. The molecule has 8 nitrogen and oxygen atoms in total. The second-order valence-corrected chi connectivity index (χ2v) is 9.28. The fraction of sp³-hybridized carbons (Fsp3) is 0.241. The summed E-state index contributed by atoms with van der Waals surface area (Å²) in [6.45, 7) is 5.67. The van der Waals surface area contributed by atoms with Gasteiger partial charge in [0.1, 0.15) is 5.75 Å². The number of ether oxygens (including phenoxy) is 2. The van der Waals surface area contributed by atoms with Crippen molar-refractivity contribution >= 4 is 29.4 Å². The van der Waals surface area contributed by atoms with Crippen LogP contribution in [0, 0.1) is 13.8 Å². The van der Waals surface area contributed by atoms with Crippen molar-refractivity contribution in [1.29, 1.82) is 0 Å². The van der Waals surface area contributed by atoms with Crippen molar-refractivity contribution in [3.8, 4) is 5.75 Å². The number of carbonyl (C=O) groups excluding carboxylic acids is 4. The van der Waals surface area contributed by atoms with E-state index >= 15 is 0 Å². The van der Waals surface area contributed by atoms with Crippen LogP contribution < -0.4 is 15.0 Å². The van der Waals surface area contributed by atoms with Gasteiger partial charge in [-0.3, -0.25) is 14.4 Å². The molecule has 2 atom stereocenters. The molecule has 2 unspecified atom stereocenters. The number of amides is 3.